The fourth-order valence-corrected chi connectivity index (χ4v) is 1.53. The summed E-state index contributed by atoms with van der Waals surface area (Å²) in [5.41, 5.74) is 5.48. The van der Waals surface area contributed by atoms with Crippen LogP contribution in [0.1, 0.15) is 47.5 Å². The van der Waals surface area contributed by atoms with Gasteiger partial charge in [-0.2, -0.15) is 0 Å². The first-order valence-corrected chi connectivity index (χ1v) is 6.46. The molecular formula is C13H27N3O2. The summed E-state index contributed by atoms with van der Waals surface area (Å²) in [6.45, 7) is 10.1. The lowest BCUT2D eigenvalue weighted by Crippen LogP contribution is -2.44. The van der Waals surface area contributed by atoms with Crippen molar-refractivity contribution in [3.63, 3.8) is 0 Å². The van der Waals surface area contributed by atoms with Gasteiger partial charge >= 0.3 is 0 Å². The Balaban J connectivity index is 3.84. The van der Waals surface area contributed by atoms with Gasteiger partial charge in [0, 0.05) is 18.5 Å². The minimum Gasteiger partial charge on any atom is -0.354 e. The summed E-state index contributed by atoms with van der Waals surface area (Å²) in [4.78, 5) is 23.1. The maximum absolute atomic E-state index is 11.6. The van der Waals surface area contributed by atoms with E-state index in [1.165, 1.54) is 0 Å². The Morgan fingerprint density at radius 2 is 1.78 bits per heavy atom. The van der Waals surface area contributed by atoms with Gasteiger partial charge in [0.25, 0.3) is 0 Å². The summed E-state index contributed by atoms with van der Waals surface area (Å²) in [6, 6.07) is -0.490. The first kappa shape index (κ1) is 16.9. The first-order valence-electron chi connectivity index (χ1n) is 6.46. The Labute approximate surface area is 110 Å². The molecule has 5 heteroatoms. The van der Waals surface area contributed by atoms with Gasteiger partial charge in [-0.3, -0.25) is 9.59 Å². The largest absolute Gasteiger partial charge is 0.354 e. The van der Waals surface area contributed by atoms with Crippen molar-refractivity contribution in [2.24, 2.45) is 11.7 Å². The molecule has 0 aliphatic heterocycles. The van der Waals surface area contributed by atoms with Gasteiger partial charge in [-0.25, -0.2) is 0 Å². The zero-order chi connectivity index (χ0) is 14.3. The maximum atomic E-state index is 11.6. The van der Waals surface area contributed by atoms with Gasteiger partial charge in [0.05, 0.1) is 6.04 Å². The van der Waals surface area contributed by atoms with Gasteiger partial charge in [0.2, 0.25) is 11.8 Å². The lowest BCUT2D eigenvalue weighted by molar-refractivity contribution is -0.123. The van der Waals surface area contributed by atoms with Gasteiger partial charge in [-0.1, -0.05) is 13.8 Å². The van der Waals surface area contributed by atoms with Crippen LogP contribution in [0.25, 0.3) is 0 Å². The van der Waals surface area contributed by atoms with Crippen LogP contribution < -0.4 is 16.4 Å². The average molecular weight is 257 g/mol. The molecule has 5 nitrogen and oxygen atoms in total. The average Bonchev–Trinajstić information content (AvgIpc) is 2.13. The maximum Gasteiger partial charge on any atom is 0.236 e. The third-order valence-electron chi connectivity index (χ3n) is 2.23. The molecule has 0 saturated heterocycles. The van der Waals surface area contributed by atoms with Crippen molar-refractivity contribution in [2.45, 2.75) is 59.0 Å². The van der Waals surface area contributed by atoms with Crippen molar-refractivity contribution in [1.29, 1.82) is 0 Å². The molecule has 0 aromatic carbocycles. The fourth-order valence-electron chi connectivity index (χ4n) is 1.53. The number of nitrogens with two attached hydrogens (primary N) is 1. The molecule has 0 aliphatic carbocycles. The molecule has 2 amide bonds. The van der Waals surface area contributed by atoms with E-state index < -0.39 is 6.04 Å². The van der Waals surface area contributed by atoms with E-state index in [0.29, 0.717) is 18.9 Å². The zero-order valence-corrected chi connectivity index (χ0v) is 12.2. The number of carbonyl (C=O) groups is 2. The highest BCUT2D eigenvalue weighted by molar-refractivity contribution is 5.82. The summed E-state index contributed by atoms with van der Waals surface area (Å²) in [5, 5.41) is 5.51. The van der Waals surface area contributed by atoms with E-state index in [-0.39, 0.29) is 23.8 Å². The molecule has 0 bridgehead atoms. The van der Waals surface area contributed by atoms with Crippen LogP contribution in [0.2, 0.25) is 0 Å². The van der Waals surface area contributed by atoms with Gasteiger partial charge in [-0.15, -0.1) is 0 Å². The Morgan fingerprint density at radius 3 is 2.22 bits per heavy atom. The predicted octanol–water partition coefficient (Wildman–Crippen LogP) is 0.781. The molecular weight excluding hydrogens is 230 g/mol. The molecule has 0 saturated carbocycles. The third kappa shape index (κ3) is 8.98. The third-order valence-corrected chi connectivity index (χ3v) is 2.23. The van der Waals surface area contributed by atoms with Crippen LogP contribution in [0, 0.1) is 5.92 Å². The molecule has 1 atom stereocenters. The van der Waals surface area contributed by atoms with Crippen LogP contribution in [0.3, 0.4) is 0 Å². The summed E-state index contributed by atoms with van der Waals surface area (Å²) in [5.74, 6) is 0.127. The molecule has 0 rings (SSSR count). The van der Waals surface area contributed by atoms with E-state index in [9.17, 15) is 9.59 Å². The first-order chi connectivity index (χ1) is 8.11. The van der Waals surface area contributed by atoms with Gasteiger partial charge in [0.15, 0.2) is 0 Å². The van der Waals surface area contributed by atoms with E-state index >= 15 is 0 Å². The van der Waals surface area contributed by atoms with Crippen molar-refractivity contribution in [3.8, 4) is 0 Å². The molecule has 4 N–H and O–H groups in total. The minimum atomic E-state index is -0.490. The molecule has 0 radical (unpaired) electrons. The Hall–Kier alpha value is -1.10. The number of hydrogen-bond donors (Lipinski definition) is 3. The molecule has 0 aromatic heterocycles. The Kier molecular flexibility index (Phi) is 6.91. The summed E-state index contributed by atoms with van der Waals surface area (Å²) in [6.07, 6.45) is 0.928. The van der Waals surface area contributed by atoms with E-state index in [0.717, 1.165) is 0 Å². The highest BCUT2D eigenvalue weighted by atomic mass is 16.2. The standard InChI is InChI=1S/C13H27N3O2/c1-9(2)8-10(14)12(18)15-7-6-11(17)16-13(3,4)5/h9-10H,6-8,14H2,1-5H3,(H,15,18)(H,16,17). The van der Waals surface area contributed by atoms with Crippen molar-refractivity contribution in [3.05, 3.63) is 0 Å². The monoisotopic (exact) mass is 257 g/mol. The van der Waals surface area contributed by atoms with Gasteiger partial charge in [-0.05, 0) is 33.1 Å². The van der Waals surface area contributed by atoms with Crippen LogP contribution in [0.4, 0.5) is 0 Å². The summed E-state index contributed by atoms with van der Waals surface area (Å²) >= 11 is 0. The van der Waals surface area contributed by atoms with Crippen molar-refractivity contribution < 1.29 is 9.59 Å². The summed E-state index contributed by atoms with van der Waals surface area (Å²) < 4.78 is 0. The quantitative estimate of drug-likeness (QED) is 0.657. The second-order valence-electron chi connectivity index (χ2n) is 6.08. The van der Waals surface area contributed by atoms with Gasteiger partial charge in [0.1, 0.15) is 0 Å². The van der Waals surface area contributed by atoms with Crippen LogP contribution >= 0.6 is 0 Å². The van der Waals surface area contributed by atoms with Gasteiger partial charge < -0.3 is 16.4 Å². The second kappa shape index (κ2) is 7.36. The molecule has 18 heavy (non-hydrogen) atoms. The lowest BCUT2D eigenvalue weighted by atomic mass is 10.0. The smallest absolute Gasteiger partial charge is 0.236 e. The van der Waals surface area contributed by atoms with Crippen molar-refractivity contribution in [2.75, 3.05) is 6.54 Å². The topological polar surface area (TPSA) is 84.2 Å². The zero-order valence-electron chi connectivity index (χ0n) is 12.2. The fraction of sp³-hybridized carbons (Fsp3) is 0.846. The molecule has 106 valence electrons. The van der Waals surface area contributed by atoms with E-state index in [4.69, 9.17) is 5.73 Å². The summed E-state index contributed by atoms with van der Waals surface area (Å²) in [7, 11) is 0. The number of hydrogen-bond acceptors (Lipinski definition) is 3. The van der Waals surface area contributed by atoms with E-state index in [2.05, 4.69) is 10.6 Å². The van der Waals surface area contributed by atoms with E-state index in [1.54, 1.807) is 0 Å². The number of rotatable bonds is 6. The van der Waals surface area contributed by atoms with Crippen LogP contribution in [-0.4, -0.2) is 29.9 Å². The minimum absolute atomic E-state index is 0.0692. The highest BCUT2D eigenvalue weighted by Crippen LogP contribution is 2.02. The molecule has 0 aromatic rings. The second-order valence-corrected chi connectivity index (χ2v) is 6.08. The van der Waals surface area contributed by atoms with Crippen LogP contribution in [0.15, 0.2) is 0 Å². The predicted molar refractivity (Wildman–Crippen MR) is 73.0 cm³/mol. The van der Waals surface area contributed by atoms with Crippen LogP contribution in [-0.2, 0) is 9.59 Å². The normalized spacial score (nSPS) is 13.3. The SMILES string of the molecule is CC(C)CC(N)C(=O)NCCC(=O)NC(C)(C)C. The van der Waals surface area contributed by atoms with E-state index in [1.807, 2.05) is 34.6 Å². The molecule has 0 fully saturated rings. The molecule has 0 aliphatic rings. The van der Waals surface area contributed by atoms with Crippen molar-refractivity contribution in [1.82, 2.24) is 10.6 Å². The number of nitrogens with one attached hydrogen (secondary N) is 2. The van der Waals surface area contributed by atoms with Crippen molar-refractivity contribution >= 4 is 11.8 Å². The highest BCUT2D eigenvalue weighted by Gasteiger charge is 2.16. The Bertz CT molecular complexity index is 282. The number of amides is 2. The molecule has 0 heterocycles. The Morgan fingerprint density at radius 1 is 1.22 bits per heavy atom. The number of carbonyl (C=O) groups excluding carboxylic acids is 2. The van der Waals surface area contributed by atoms with Crippen LogP contribution in [0.5, 0.6) is 0 Å². The lowest BCUT2D eigenvalue weighted by Gasteiger charge is -2.20. The molecule has 0 spiro atoms. The molecule has 1 unspecified atom stereocenters.